The van der Waals surface area contributed by atoms with Gasteiger partial charge < -0.3 is 5.11 Å². The number of thiazole rings is 1. The number of hydrogen-bond acceptors (Lipinski definition) is 6. The summed E-state index contributed by atoms with van der Waals surface area (Å²) in [6.07, 6.45) is 0. The number of carbonyl (C=O) groups is 1. The molecule has 1 amide bonds. The number of amides is 1. The molecule has 128 valence electrons. The van der Waals surface area contributed by atoms with E-state index in [1.54, 1.807) is 36.5 Å². The van der Waals surface area contributed by atoms with E-state index in [0.717, 1.165) is 14.6 Å². The van der Waals surface area contributed by atoms with Gasteiger partial charge in [0.05, 0.1) is 21.2 Å². The number of rotatable bonds is 5. The highest BCUT2D eigenvalue weighted by atomic mass is 32.2. The standard InChI is InChI=1S/C18H17N3O2S2/c1-11(13-7-3-5-9-15(13)22)20-21-17(23)12(2)24-18-19-14-8-4-6-10-16(14)25-18/h3-10,12,22H,1-2H3,(H,21,23)/b20-11+. The summed E-state index contributed by atoms with van der Waals surface area (Å²) < 4.78 is 1.95. The Morgan fingerprint density at radius 3 is 2.72 bits per heavy atom. The molecule has 0 radical (unpaired) electrons. The highest BCUT2D eigenvalue weighted by molar-refractivity contribution is 8.02. The van der Waals surface area contributed by atoms with Crippen LogP contribution in [-0.4, -0.2) is 27.0 Å². The number of hydrogen-bond donors (Lipinski definition) is 2. The van der Waals surface area contributed by atoms with E-state index in [1.807, 2.05) is 37.3 Å². The van der Waals surface area contributed by atoms with Crippen molar-refractivity contribution in [2.45, 2.75) is 23.4 Å². The molecule has 0 saturated carbocycles. The Labute approximate surface area is 153 Å². The number of fused-ring (bicyclic) bond motifs is 1. The van der Waals surface area contributed by atoms with Crippen molar-refractivity contribution in [1.82, 2.24) is 10.4 Å². The number of thioether (sulfide) groups is 1. The lowest BCUT2D eigenvalue weighted by Gasteiger charge is -2.08. The Hall–Kier alpha value is -2.38. The number of phenolic OH excluding ortho intramolecular Hbond substituents is 1. The van der Waals surface area contributed by atoms with Crippen molar-refractivity contribution in [2.75, 3.05) is 0 Å². The molecule has 0 fully saturated rings. The number of aromatic hydroxyl groups is 1. The molecule has 0 aliphatic heterocycles. The fourth-order valence-electron chi connectivity index (χ4n) is 2.18. The van der Waals surface area contributed by atoms with Gasteiger partial charge in [0.25, 0.3) is 5.91 Å². The molecule has 1 unspecified atom stereocenters. The first-order chi connectivity index (χ1) is 12.0. The molecular formula is C18H17N3O2S2. The minimum atomic E-state index is -0.332. The SMILES string of the molecule is C/C(=N\NC(=O)C(C)Sc1nc2ccccc2s1)c1ccccc1O. The number of nitrogens with zero attached hydrogens (tertiary/aromatic N) is 2. The Morgan fingerprint density at radius 1 is 1.24 bits per heavy atom. The largest absolute Gasteiger partial charge is 0.507 e. The molecule has 0 aliphatic rings. The quantitative estimate of drug-likeness (QED) is 0.403. The fraction of sp³-hybridized carbons (Fsp3) is 0.167. The lowest BCUT2D eigenvalue weighted by molar-refractivity contribution is -0.120. The molecule has 0 saturated heterocycles. The summed E-state index contributed by atoms with van der Waals surface area (Å²) in [5.41, 5.74) is 4.63. The fourth-order valence-corrected chi connectivity index (χ4v) is 4.38. The van der Waals surface area contributed by atoms with E-state index in [4.69, 9.17) is 0 Å². The molecule has 25 heavy (non-hydrogen) atoms. The zero-order valence-corrected chi connectivity index (χ0v) is 15.4. The second-order valence-electron chi connectivity index (χ2n) is 5.40. The van der Waals surface area contributed by atoms with Crippen LogP contribution in [0.2, 0.25) is 0 Å². The Kier molecular flexibility index (Phi) is 5.35. The number of hydrazone groups is 1. The van der Waals surface area contributed by atoms with Crippen LogP contribution in [-0.2, 0) is 4.79 Å². The van der Waals surface area contributed by atoms with Gasteiger partial charge in [0.1, 0.15) is 5.75 Å². The van der Waals surface area contributed by atoms with E-state index in [1.165, 1.54) is 11.8 Å². The van der Waals surface area contributed by atoms with Gasteiger partial charge in [0, 0.05) is 5.56 Å². The monoisotopic (exact) mass is 371 g/mol. The van der Waals surface area contributed by atoms with Gasteiger partial charge in [-0.1, -0.05) is 36.0 Å². The van der Waals surface area contributed by atoms with E-state index >= 15 is 0 Å². The third-order valence-electron chi connectivity index (χ3n) is 3.55. The lowest BCUT2D eigenvalue weighted by atomic mass is 10.1. The Balaban J connectivity index is 1.64. The predicted octanol–water partition coefficient (Wildman–Crippen LogP) is 4.02. The summed E-state index contributed by atoms with van der Waals surface area (Å²) in [4.78, 5) is 16.8. The van der Waals surface area contributed by atoms with E-state index < -0.39 is 0 Å². The van der Waals surface area contributed by atoms with Crippen molar-refractivity contribution in [1.29, 1.82) is 0 Å². The topological polar surface area (TPSA) is 74.6 Å². The van der Waals surface area contributed by atoms with Crippen LogP contribution in [0.15, 0.2) is 58.0 Å². The molecule has 0 spiro atoms. The average Bonchev–Trinajstić information content (AvgIpc) is 3.01. The first kappa shape index (κ1) is 17.4. The molecule has 3 aromatic rings. The first-order valence-electron chi connectivity index (χ1n) is 7.69. The second kappa shape index (κ2) is 7.67. The highest BCUT2D eigenvalue weighted by Crippen LogP contribution is 2.31. The molecule has 1 atom stereocenters. The van der Waals surface area contributed by atoms with E-state index in [-0.39, 0.29) is 16.9 Å². The van der Waals surface area contributed by atoms with Gasteiger partial charge in [0.15, 0.2) is 4.34 Å². The molecule has 7 heteroatoms. The van der Waals surface area contributed by atoms with Crippen molar-refractivity contribution >= 4 is 44.9 Å². The number of nitrogens with one attached hydrogen (secondary N) is 1. The van der Waals surface area contributed by atoms with E-state index in [9.17, 15) is 9.90 Å². The molecular weight excluding hydrogens is 354 g/mol. The molecule has 5 nitrogen and oxygen atoms in total. The van der Waals surface area contributed by atoms with Crippen LogP contribution in [0.3, 0.4) is 0 Å². The maximum atomic E-state index is 12.3. The summed E-state index contributed by atoms with van der Waals surface area (Å²) in [7, 11) is 0. The van der Waals surface area contributed by atoms with Crippen molar-refractivity contribution in [3.8, 4) is 5.75 Å². The Morgan fingerprint density at radius 2 is 1.96 bits per heavy atom. The molecule has 0 aliphatic carbocycles. The predicted molar refractivity (Wildman–Crippen MR) is 103 cm³/mol. The van der Waals surface area contributed by atoms with Gasteiger partial charge in [-0.15, -0.1) is 11.3 Å². The lowest BCUT2D eigenvalue weighted by Crippen LogP contribution is -2.27. The van der Waals surface area contributed by atoms with Crippen molar-refractivity contribution in [2.24, 2.45) is 5.10 Å². The number of carbonyl (C=O) groups excluding carboxylic acids is 1. The van der Waals surface area contributed by atoms with Gasteiger partial charge in [-0.25, -0.2) is 10.4 Å². The van der Waals surface area contributed by atoms with Crippen LogP contribution in [0, 0.1) is 0 Å². The average molecular weight is 371 g/mol. The van der Waals surface area contributed by atoms with Gasteiger partial charge in [-0.2, -0.15) is 5.10 Å². The van der Waals surface area contributed by atoms with Crippen LogP contribution in [0.1, 0.15) is 19.4 Å². The van der Waals surface area contributed by atoms with Gasteiger partial charge in [-0.05, 0) is 38.1 Å². The van der Waals surface area contributed by atoms with E-state index in [0.29, 0.717) is 11.3 Å². The molecule has 3 rings (SSSR count). The van der Waals surface area contributed by atoms with Crippen LogP contribution in [0.5, 0.6) is 5.75 Å². The minimum absolute atomic E-state index is 0.134. The molecule has 0 bridgehead atoms. The van der Waals surface area contributed by atoms with Gasteiger partial charge in [0.2, 0.25) is 0 Å². The zero-order valence-electron chi connectivity index (χ0n) is 13.8. The van der Waals surface area contributed by atoms with Crippen molar-refractivity contribution in [3.05, 3.63) is 54.1 Å². The summed E-state index contributed by atoms with van der Waals surface area (Å²) >= 11 is 2.97. The third-order valence-corrected chi connectivity index (χ3v) is 5.78. The highest BCUT2D eigenvalue weighted by Gasteiger charge is 2.16. The summed E-state index contributed by atoms with van der Waals surface area (Å²) in [5.74, 6) is -0.0751. The van der Waals surface area contributed by atoms with Gasteiger partial charge in [-0.3, -0.25) is 4.79 Å². The second-order valence-corrected chi connectivity index (χ2v) is 8.02. The number of aromatic nitrogens is 1. The molecule has 1 aromatic heterocycles. The van der Waals surface area contributed by atoms with Crippen LogP contribution in [0.25, 0.3) is 10.2 Å². The summed E-state index contributed by atoms with van der Waals surface area (Å²) in [5, 5.41) is 13.6. The van der Waals surface area contributed by atoms with Gasteiger partial charge >= 0.3 is 0 Å². The zero-order chi connectivity index (χ0) is 17.8. The molecule has 2 N–H and O–H groups in total. The van der Waals surface area contributed by atoms with Crippen molar-refractivity contribution < 1.29 is 9.90 Å². The van der Waals surface area contributed by atoms with Crippen LogP contribution in [0.4, 0.5) is 0 Å². The number of phenols is 1. The Bertz CT molecular complexity index is 904. The molecule has 1 heterocycles. The van der Waals surface area contributed by atoms with Crippen LogP contribution < -0.4 is 5.43 Å². The summed E-state index contributed by atoms with van der Waals surface area (Å²) in [6, 6.07) is 14.8. The number of benzene rings is 2. The third kappa shape index (κ3) is 4.18. The first-order valence-corrected chi connectivity index (χ1v) is 9.39. The maximum absolute atomic E-state index is 12.3. The minimum Gasteiger partial charge on any atom is -0.507 e. The van der Waals surface area contributed by atoms with Crippen LogP contribution >= 0.6 is 23.1 Å². The van der Waals surface area contributed by atoms with E-state index in [2.05, 4.69) is 15.5 Å². The molecule has 2 aromatic carbocycles. The normalized spacial score (nSPS) is 13.0. The smallest absolute Gasteiger partial charge is 0.253 e. The summed E-state index contributed by atoms with van der Waals surface area (Å²) in [6.45, 7) is 3.55. The number of para-hydroxylation sites is 2. The maximum Gasteiger partial charge on any atom is 0.253 e. The van der Waals surface area contributed by atoms with Crippen molar-refractivity contribution in [3.63, 3.8) is 0 Å².